The second-order valence-corrected chi connectivity index (χ2v) is 6.26. The Balaban J connectivity index is 2.42. The number of ether oxygens (including phenoxy) is 2. The topological polar surface area (TPSA) is 84.9 Å². The van der Waals surface area contributed by atoms with Crippen molar-refractivity contribution in [1.29, 1.82) is 0 Å². The summed E-state index contributed by atoms with van der Waals surface area (Å²) in [6.45, 7) is 6.45. The van der Waals surface area contributed by atoms with Crippen LogP contribution in [0.15, 0.2) is 24.3 Å². The van der Waals surface area contributed by atoms with Gasteiger partial charge in [-0.15, -0.1) is 0 Å². The molecular formula is C19H29NO5. The quantitative estimate of drug-likeness (QED) is 0.599. The molecule has 0 aliphatic heterocycles. The number of carbonyl (C=O) groups excluding carboxylic acids is 1. The first-order valence-electron chi connectivity index (χ1n) is 8.62. The number of carboxylic acids is 1. The number of methoxy groups -OCH3 is 1. The highest BCUT2D eigenvalue weighted by molar-refractivity contribution is 5.84. The van der Waals surface area contributed by atoms with Crippen LogP contribution in [0.25, 0.3) is 0 Å². The Labute approximate surface area is 149 Å². The van der Waals surface area contributed by atoms with Crippen LogP contribution in [0, 0.1) is 11.8 Å². The molecule has 0 spiro atoms. The fraction of sp³-hybridized carbons (Fsp3) is 0.579. The van der Waals surface area contributed by atoms with E-state index in [1.807, 2.05) is 45.0 Å². The molecule has 0 fully saturated rings. The summed E-state index contributed by atoms with van der Waals surface area (Å²) in [4.78, 5) is 23.5. The van der Waals surface area contributed by atoms with Crippen LogP contribution in [0.1, 0.15) is 39.2 Å². The second kappa shape index (κ2) is 10.7. The molecule has 0 aliphatic carbocycles. The van der Waals surface area contributed by atoms with Gasteiger partial charge in [-0.25, -0.2) is 4.79 Å². The highest BCUT2D eigenvalue weighted by atomic mass is 16.5. The van der Waals surface area contributed by atoms with E-state index in [1.54, 1.807) is 7.11 Å². The number of carboxylic acid groups (broad SMARTS) is 1. The van der Waals surface area contributed by atoms with E-state index in [4.69, 9.17) is 9.47 Å². The fourth-order valence-corrected chi connectivity index (χ4v) is 2.29. The third-order valence-corrected chi connectivity index (χ3v) is 4.50. The molecule has 0 aliphatic rings. The maximum absolute atomic E-state index is 12.1. The standard InChI is InChI=1S/C19H29NO5/c1-5-13(2)14(3)18(21)20-17(19(22)23)10-11-25-12-15-6-8-16(24-4)9-7-15/h6-9,13-14,17H,5,10-12H2,1-4H3,(H,20,21)(H,22,23)/t13-,14-,17-/m0/s1. The smallest absolute Gasteiger partial charge is 0.326 e. The molecule has 2 N–H and O–H groups in total. The van der Waals surface area contributed by atoms with Crippen LogP contribution in [0.5, 0.6) is 5.75 Å². The highest BCUT2D eigenvalue weighted by Gasteiger charge is 2.25. The van der Waals surface area contributed by atoms with Crippen molar-refractivity contribution in [2.75, 3.05) is 13.7 Å². The van der Waals surface area contributed by atoms with E-state index in [0.717, 1.165) is 17.7 Å². The summed E-state index contributed by atoms with van der Waals surface area (Å²) >= 11 is 0. The lowest BCUT2D eigenvalue weighted by molar-refractivity contribution is -0.143. The van der Waals surface area contributed by atoms with E-state index in [9.17, 15) is 14.7 Å². The number of amides is 1. The van der Waals surface area contributed by atoms with Gasteiger partial charge in [0.25, 0.3) is 0 Å². The van der Waals surface area contributed by atoms with Crippen LogP contribution in [0.4, 0.5) is 0 Å². The lowest BCUT2D eigenvalue weighted by Crippen LogP contribution is -2.44. The van der Waals surface area contributed by atoms with Crippen LogP contribution < -0.4 is 10.1 Å². The maximum atomic E-state index is 12.1. The number of hydrogen-bond acceptors (Lipinski definition) is 4. The predicted molar refractivity (Wildman–Crippen MR) is 95.5 cm³/mol. The van der Waals surface area contributed by atoms with Gasteiger partial charge in [-0.3, -0.25) is 4.79 Å². The van der Waals surface area contributed by atoms with Crippen LogP contribution in [0.3, 0.4) is 0 Å². The van der Waals surface area contributed by atoms with E-state index in [2.05, 4.69) is 5.32 Å². The highest BCUT2D eigenvalue weighted by Crippen LogP contribution is 2.15. The summed E-state index contributed by atoms with van der Waals surface area (Å²) in [5, 5.41) is 11.9. The van der Waals surface area contributed by atoms with Crippen molar-refractivity contribution in [3.63, 3.8) is 0 Å². The summed E-state index contributed by atoms with van der Waals surface area (Å²) in [5.41, 5.74) is 0.974. The largest absolute Gasteiger partial charge is 0.497 e. The van der Waals surface area contributed by atoms with Gasteiger partial charge in [0.05, 0.1) is 13.7 Å². The molecule has 0 saturated heterocycles. The van der Waals surface area contributed by atoms with Gasteiger partial charge in [-0.05, 0) is 23.6 Å². The molecule has 0 aromatic heterocycles. The number of carbonyl (C=O) groups is 2. The lowest BCUT2D eigenvalue weighted by Gasteiger charge is -2.21. The van der Waals surface area contributed by atoms with E-state index in [0.29, 0.717) is 6.61 Å². The van der Waals surface area contributed by atoms with Crippen molar-refractivity contribution in [2.24, 2.45) is 11.8 Å². The van der Waals surface area contributed by atoms with Gasteiger partial charge >= 0.3 is 5.97 Å². The van der Waals surface area contributed by atoms with Crippen molar-refractivity contribution < 1.29 is 24.2 Å². The monoisotopic (exact) mass is 351 g/mol. The molecule has 6 nitrogen and oxygen atoms in total. The number of benzene rings is 1. The van der Waals surface area contributed by atoms with Crippen LogP contribution >= 0.6 is 0 Å². The number of aliphatic carboxylic acids is 1. The molecule has 25 heavy (non-hydrogen) atoms. The van der Waals surface area contributed by atoms with Gasteiger partial charge in [0.2, 0.25) is 5.91 Å². The third-order valence-electron chi connectivity index (χ3n) is 4.50. The van der Waals surface area contributed by atoms with Gasteiger partial charge in [0.15, 0.2) is 0 Å². The lowest BCUT2D eigenvalue weighted by atomic mass is 9.92. The van der Waals surface area contributed by atoms with E-state index in [-0.39, 0.29) is 30.8 Å². The van der Waals surface area contributed by atoms with Crippen LogP contribution in [-0.4, -0.2) is 36.7 Å². The van der Waals surface area contributed by atoms with Gasteiger partial charge in [-0.2, -0.15) is 0 Å². The van der Waals surface area contributed by atoms with Gasteiger partial charge < -0.3 is 19.9 Å². The summed E-state index contributed by atoms with van der Waals surface area (Å²) in [5.74, 6) is -0.504. The third kappa shape index (κ3) is 7.13. The van der Waals surface area contributed by atoms with E-state index >= 15 is 0 Å². The zero-order valence-electron chi connectivity index (χ0n) is 15.5. The SMILES string of the molecule is CC[C@H](C)[C@H](C)C(=O)N[C@@H](CCOCc1ccc(OC)cc1)C(=O)O. The Morgan fingerprint density at radius 1 is 1.20 bits per heavy atom. The minimum Gasteiger partial charge on any atom is -0.497 e. The molecule has 140 valence electrons. The molecule has 3 atom stereocenters. The van der Waals surface area contributed by atoms with Crippen molar-refractivity contribution >= 4 is 11.9 Å². The average Bonchev–Trinajstić information content (AvgIpc) is 2.62. The second-order valence-electron chi connectivity index (χ2n) is 6.26. The Bertz CT molecular complexity index is 543. The van der Waals surface area contributed by atoms with Gasteiger partial charge in [-0.1, -0.05) is 39.3 Å². The summed E-state index contributed by atoms with van der Waals surface area (Å²) in [6, 6.07) is 6.53. The Morgan fingerprint density at radius 3 is 2.36 bits per heavy atom. The number of nitrogens with one attached hydrogen (secondary N) is 1. The van der Waals surface area contributed by atoms with Crippen LogP contribution in [-0.2, 0) is 20.9 Å². The first kappa shape index (κ1) is 21.0. The Kier molecular flexibility index (Phi) is 8.99. The molecule has 0 heterocycles. The summed E-state index contributed by atoms with van der Waals surface area (Å²) < 4.78 is 10.6. The predicted octanol–water partition coefficient (Wildman–Crippen LogP) is 2.85. The maximum Gasteiger partial charge on any atom is 0.326 e. The molecule has 1 rings (SSSR count). The zero-order valence-corrected chi connectivity index (χ0v) is 15.5. The molecular weight excluding hydrogens is 322 g/mol. The van der Waals surface area contributed by atoms with Crippen molar-refractivity contribution in [3.05, 3.63) is 29.8 Å². The first-order valence-corrected chi connectivity index (χ1v) is 8.62. The molecule has 0 saturated carbocycles. The molecule has 0 unspecified atom stereocenters. The minimum absolute atomic E-state index is 0.209. The minimum atomic E-state index is -1.04. The molecule has 1 aromatic carbocycles. The molecule has 6 heteroatoms. The number of rotatable bonds is 11. The summed E-state index contributed by atoms with van der Waals surface area (Å²) in [6.07, 6.45) is 1.10. The van der Waals surface area contributed by atoms with Crippen LogP contribution in [0.2, 0.25) is 0 Å². The normalized spacial score (nSPS) is 14.4. The average molecular weight is 351 g/mol. The van der Waals surface area contributed by atoms with Gasteiger partial charge in [0, 0.05) is 18.9 Å². The summed E-state index contributed by atoms with van der Waals surface area (Å²) in [7, 11) is 1.61. The first-order chi connectivity index (χ1) is 11.9. The Hall–Kier alpha value is -2.08. The van der Waals surface area contributed by atoms with E-state index in [1.165, 1.54) is 0 Å². The zero-order chi connectivity index (χ0) is 18.8. The van der Waals surface area contributed by atoms with Crippen molar-refractivity contribution in [3.8, 4) is 5.75 Å². The number of hydrogen-bond donors (Lipinski definition) is 2. The van der Waals surface area contributed by atoms with Crippen molar-refractivity contribution in [2.45, 2.75) is 46.3 Å². The fourth-order valence-electron chi connectivity index (χ4n) is 2.29. The molecule has 0 bridgehead atoms. The molecule has 1 aromatic rings. The molecule has 1 amide bonds. The van der Waals surface area contributed by atoms with E-state index < -0.39 is 12.0 Å². The Morgan fingerprint density at radius 2 is 1.84 bits per heavy atom. The van der Waals surface area contributed by atoms with Gasteiger partial charge in [0.1, 0.15) is 11.8 Å². The van der Waals surface area contributed by atoms with Crippen molar-refractivity contribution in [1.82, 2.24) is 5.32 Å². The molecule has 0 radical (unpaired) electrons.